The van der Waals surface area contributed by atoms with Crippen molar-refractivity contribution in [2.75, 3.05) is 19.5 Å². The van der Waals surface area contributed by atoms with Gasteiger partial charge in [-0.2, -0.15) is 0 Å². The van der Waals surface area contributed by atoms with Crippen LogP contribution >= 0.6 is 0 Å². The minimum Gasteiger partial charge on any atom is -0.497 e. The van der Waals surface area contributed by atoms with Crippen LogP contribution in [0.15, 0.2) is 103 Å². The predicted molar refractivity (Wildman–Crippen MR) is 159 cm³/mol. The summed E-state index contributed by atoms with van der Waals surface area (Å²) in [6, 6.07) is 27.5. The summed E-state index contributed by atoms with van der Waals surface area (Å²) in [5, 5.41) is 3.07. The Morgan fingerprint density at radius 3 is 2.31 bits per heavy atom. The van der Waals surface area contributed by atoms with Gasteiger partial charge in [-0.1, -0.05) is 54.6 Å². The number of hydrogen-bond acceptors (Lipinski definition) is 6. The van der Waals surface area contributed by atoms with Gasteiger partial charge in [-0.25, -0.2) is 0 Å². The number of nitrogens with zero attached hydrogens (tertiary/aromatic N) is 1. The molecule has 4 aromatic carbocycles. The summed E-state index contributed by atoms with van der Waals surface area (Å²) in [7, 11) is 3.11. The molecule has 0 aliphatic carbocycles. The second kappa shape index (κ2) is 9.73. The molecule has 1 amide bonds. The Labute approximate surface area is 243 Å². The number of rotatable bonds is 6. The minimum absolute atomic E-state index is 0.260. The Balaban J connectivity index is 1.52. The van der Waals surface area contributed by atoms with Crippen LogP contribution in [0, 0.1) is 5.92 Å². The zero-order valence-corrected chi connectivity index (χ0v) is 23.1. The summed E-state index contributed by atoms with van der Waals surface area (Å²) in [6.45, 7) is 0. The predicted octanol–water partition coefficient (Wildman–Crippen LogP) is 5.69. The van der Waals surface area contributed by atoms with Crippen LogP contribution in [-0.4, -0.2) is 42.6 Å². The third-order valence-corrected chi connectivity index (χ3v) is 8.85. The van der Waals surface area contributed by atoms with Gasteiger partial charge >= 0.3 is 0 Å². The highest BCUT2D eigenvalue weighted by molar-refractivity contribution is 6.16. The summed E-state index contributed by atoms with van der Waals surface area (Å²) < 4.78 is 10.7. The first-order chi connectivity index (χ1) is 20.5. The SMILES string of the molecule is COc1ccc(C(=O)[C@H]2[C@H](C(=O)c3cccc(OC)c3)N3C=Cc4ccccc4[C@@H]3[C@]23C(=O)Nc2ccccc23)cc1. The van der Waals surface area contributed by atoms with Crippen molar-refractivity contribution < 1.29 is 23.9 Å². The Morgan fingerprint density at radius 1 is 0.786 bits per heavy atom. The van der Waals surface area contributed by atoms with Crippen molar-refractivity contribution in [3.8, 4) is 11.5 Å². The van der Waals surface area contributed by atoms with Crippen LogP contribution in [0.25, 0.3) is 6.08 Å². The molecule has 3 aliphatic heterocycles. The molecule has 208 valence electrons. The molecule has 1 fully saturated rings. The Hall–Kier alpha value is -5.17. The van der Waals surface area contributed by atoms with Crippen LogP contribution in [0.5, 0.6) is 11.5 Å². The zero-order chi connectivity index (χ0) is 29.0. The van der Waals surface area contributed by atoms with Crippen LogP contribution in [-0.2, 0) is 10.2 Å². The molecule has 7 heteroatoms. The molecule has 3 aliphatic rings. The summed E-state index contributed by atoms with van der Waals surface area (Å²) in [6.07, 6.45) is 3.82. The maximum Gasteiger partial charge on any atom is 0.238 e. The molecule has 1 saturated heterocycles. The van der Waals surface area contributed by atoms with E-state index in [4.69, 9.17) is 9.47 Å². The Morgan fingerprint density at radius 2 is 1.52 bits per heavy atom. The van der Waals surface area contributed by atoms with E-state index in [1.165, 1.54) is 0 Å². The van der Waals surface area contributed by atoms with Crippen LogP contribution < -0.4 is 14.8 Å². The van der Waals surface area contributed by atoms with Gasteiger partial charge in [-0.05, 0) is 65.2 Å². The molecule has 1 spiro atoms. The first-order valence-corrected chi connectivity index (χ1v) is 13.8. The first-order valence-electron chi connectivity index (χ1n) is 13.8. The van der Waals surface area contributed by atoms with E-state index in [0.717, 1.165) is 11.1 Å². The normalized spacial score (nSPS) is 23.1. The highest BCUT2D eigenvalue weighted by Gasteiger charge is 2.70. The number of nitrogens with one attached hydrogen (secondary N) is 1. The number of para-hydroxylation sites is 1. The maximum absolute atomic E-state index is 14.8. The fraction of sp³-hybridized carbons (Fsp3) is 0.171. The number of amides is 1. The molecular formula is C35H28N2O5. The van der Waals surface area contributed by atoms with Crippen molar-refractivity contribution in [3.05, 3.63) is 131 Å². The van der Waals surface area contributed by atoms with Gasteiger partial charge in [0.25, 0.3) is 0 Å². The molecule has 4 aromatic rings. The maximum atomic E-state index is 14.8. The van der Waals surface area contributed by atoms with E-state index < -0.39 is 23.4 Å². The smallest absolute Gasteiger partial charge is 0.238 e. The number of ether oxygens (including phenoxy) is 2. The van der Waals surface area contributed by atoms with Crippen LogP contribution in [0.2, 0.25) is 0 Å². The van der Waals surface area contributed by atoms with E-state index in [1.54, 1.807) is 62.8 Å². The van der Waals surface area contributed by atoms with Gasteiger partial charge in [0.2, 0.25) is 5.91 Å². The Bertz CT molecular complexity index is 1780. The van der Waals surface area contributed by atoms with Crippen LogP contribution in [0.3, 0.4) is 0 Å². The lowest BCUT2D eigenvalue weighted by Gasteiger charge is -2.38. The van der Waals surface area contributed by atoms with E-state index >= 15 is 0 Å². The highest BCUT2D eigenvalue weighted by Crippen LogP contribution is 2.62. The third-order valence-electron chi connectivity index (χ3n) is 8.85. The van der Waals surface area contributed by atoms with Crippen LogP contribution in [0.1, 0.15) is 43.4 Å². The number of benzene rings is 4. The molecular weight excluding hydrogens is 528 g/mol. The molecule has 0 aromatic heterocycles. The lowest BCUT2D eigenvalue weighted by Crippen LogP contribution is -2.49. The number of ketones is 2. The first kappa shape index (κ1) is 25.8. The topological polar surface area (TPSA) is 84.9 Å². The van der Waals surface area contributed by atoms with Crippen molar-refractivity contribution in [2.45, 2.75) is 17.5 Å². The molecule has 42 heavy (non-hydrogen) atoms. The van der Waals surface area contributed by atoms with Crippen molar-refractivity contribution in [1.29, 1.82) is 0 Å². The van der Waals surface area contributed by atoms with Crippen LogP contribution in [0.4, 0.5) is 5.69 Å². The zero-order valence-electron chi connectivity index (χ0n) is 23.1. The van der Waals surface area contributed by atoms with E-state index in [1.807, 2.05) is 65.7 Å². The van der Waals surface area contributed by atoms with Gasteiger partial charge < -0.3 is 19.7 Å². The third kappa shape index (κ3) is 3.56. The molecule has 0 radical (unpaired) electrons. The molecule has 1 N–H and O–H groups in total. The van der Waals surface area contributed by atoms with Gasteiger partial charge in [0.1, 0.15) is 23.0 Å². The second-order valence-corrected chi connectivity index (χ2v) is 10.8. The average molecular weight is 557 g/mol. The Kier molecular flexibility index (Phi) is 5.97. The largest absolute Gasteiger partial charge is 0.497 e. The molecule has 0 unspecified atom stereocenters. The van der Waals surface area contributed by atoms with Gasteiger partial charge in [-0.15, -0.1) is 0 Å². The van der Waals surface area contributed by atoms with Gasteiger partial charge in [0.05, 0.1) is 26.2 Å². The standard InChI is InChI=1S/C35H28N2O5/c1-41-24-16-14-22(15-17-24)31(38)29-30(32(39)23-9-7-10-25(20-23)42-2)37-19-18-21-8-3-4-11-26(21)33(37)35(29)27-12-5-6-13-28(27)36-34(35)40/h3-20,29-30,33H,1-2H3,(H,36,40)/t29-,30-,33-,35-/m1/s1. The molecule has 4 atom stereocenters. The van der Waals surface area contributed by atoms with Gasteiger partial charge in [0.15, 0.2) is 11.6 Å². The average Bonchev–Trinajstić information content (AvgIpc) is 3.52. The number of anilines is 1. The van der Waals surface area contributed by atoms with E-state index in [-0.39, 0.29) is 17.5 Å². The fourth-order valence-electron chi connectivity index (χ4n) is 7.05. The number of hydrogen-bond donors (Lipinski definition) is 1. The van der Waals surface area contributed by atoms with E-state index in [0.29, 0.717) is 33.9 Å². The molecule has 3 heterocycles. The minimum atomic E-state index is -1.38. The van der Waals surface area contributed by atoms with Gasteiger partial charge in [-0.3, -0.25) is 14.4 Å². The number of carbonyl (C=O) groups is 3. The van der Waals surface area contributed by atoms with E-state index in [2.05, 4.69) is 5.32 Å². The summed E-state index contributed by atoms with van der Waals surface area (Å²) in [4.78, 5) is 45.9. The monoisotopic (exact) mass is 556 g/mol. The quantitative estimate of drug-likeness (QED) is 0.308. The molecule has 0 bridgehead atoms. The van der Waals surface area contributed by atoms with E-state index in [9.17, 15) is 14.4 Å². The number of methoxy groups -OCH3 is 2. The fourth-order valence-corrected chi connectivity index (χ4v) is 7.05. The van der Waals surface area contributed by atoms with Crippen molar-refractivity contribution in [3.63, 3.8) is 0 Å². The molecule has 7 nitrogen and oxygen atoms in total. The van der Waals surface area contributed by atoms with Crippen molar-refractivity contribution in [2.24, 2.45) is 5.92 Å². The van der Waals surface area contributed by atoms with Gasteiger partial charge in [0, 0.05) is 23.0 Å². The highest BCUT2D eigenvalue weighted by atomic mass is 16.5. The second-order valence-electron chi connectivity index (χ2n) is 10.8. The number of Topliss-reactive ketones (excluding diaryl/α,β-unsaturated/α-hetero) is 2. The number of fused-ring (bicyclic) bond motifs is 6. The summed E-state index contributed by atoms with van der Waals surface area (Å²) in [5.74, 6) is -0.748. The number of carbonyl (C=O) groups excluding carboxylic acids is 3. The van der Waals surface area contributed by atoms with Crippen molar-refractivity contribution in [1.82, 2.24) is 4.90 Å². The van der Waals surface area contributed by atoms with Crippen molar-refractivity contribution >= 4 is 29.2 Å². The lowest BCUT2D eigenvalue weighted by atomic mass is 9.62. The molecule has 0 saturated carbocycles. The summed E-state index contributed by atoms with van der Waals surface area (Å²) >= 11 is 0. The summed E-state index contributed by atoms with van der Waals surface area (Å²) in [5.41, 5.74) is 2.62. The molecule has 7 rings (SSSR count). The lowest BCUT2D eigenvalue weighted by molar-refractivity contribution is -0.122.